The van der Waals surface area contributed by atoms with Crippen molar-refractivity contribution in [3.63, 3.8) is 0 Å². The van der Waals surface area contributed by atoms with Gasteiger partial charge in [0.25, 0.3) is 5.91 Å². The van der Waals surface area contributed by atoms with Crippen LogP contribution in [0.1, 0.15) is 23.7 Å². The van der Waals surface area contributed by atoms with Crippen LogP contribution in [0.25, 0.3) is 0 Å². The van der Waals surface area contributed by atoms with Crippen molar-refractivity contribution in [2.45, 2.75) is 13.3 Å². The van der Waals surface area contributed by atoms with Gasteiger partial charge in [0.15, 0.2) is 0 Å². The van der Waals surface area contributed by atoms with Crippen LogP contribution in [-0.4, -0.2) is 43.6 Å². The quantitative estimate of drug-likeness (QED) is 0.803. The normalized spacial score (nSPS) is 14.9. The van der Waals surface area contributed by atoms with Crippen LogP contribution < -0.4 is 10.1 Å². The molecule has 4 nitrogen and oxygen atoms in total. The number of carbonyl (C=O) groups is 1. The third-order valence-electron chi connectivity index (χ3n) is 3.01. The maximum absolute atomic E-state index is 12.3. The lowest BCUT2D eigenvalue weighted by Gasteiger charge is -2.19. The highest BCUT2D eigenvalue weighted by Crippen LogP contribution is 2.22. The van der Waals surface area contributed by atoms with Gasteiger partial charge < -0.3 is 15.0 Å². The fourth-order valence-corrected chi connectivity index (χ4v) is 2.04. The minimum absolute atomic E-state index is 0.0707. The summed E-state index contributed by atoms with van der Waals surface area (Å²) in [6, 6.07) is 7.45. The molecule has 0 radical (unpaired) electrons. The molecule has 1 aliphatic heterocycles. The fraction of sp³-hybridized carbons (Fsp3) is 0.500. The van der Waals surface area contributed by atoms with E-state index in [2.05, 4.69) is 12.2 Å². The van der Waals surface area contributed by atoms with Gasteiger partial charge >= 0.3 is 0 Å². The van der Waals surface area contributed by atoms with E-state index in [1.807, 2.05) is 29.2 Å². The number of rotatable bonds is 5. The number of para-hydroxylation sites is 1. The number of fused-ring (bicyclic) bond motifs is 1. The van der Waals surface area contributed by atoms with Gasteiger partial charge in [-0.15, -0.1) is 0 Å². The second kappa shape index (κ2) is 6.40. The van der Waals surface area contributed by atoms with Gasteiger partial charge in [0.1, 0.15) is 12.4 Å². The fourth-order valence-electron chi connectivity index (χ4n) is 2.04. The van der Waals surface area contributed by atoms with E-state index in [0.717, 1.165) is 26.1 Å². The van der Waals surface area contributed by atoms with E-state index in [4.69, 9.17) is 4.74 Å². The van der Waals surface area contributed by atoms with Crippen LogP contribution in [0.3, 0.4) is 0 Å². The lowest BCUT2D eigenvalue weighted by molar-refractivity contribution is 0.0757. The van der Waals surface area contributed by atoms with Crippen molar-refractivity contribution in [2.75, 3.05) is 32.8 Å². The first-order valence-electron chi connectivity index (χ1n) is 6.54. The summed E-state index contributed by atoms with van der Waals surface area (Å²) in [7, 11) is 0. The molecule has 1 aromatic rings. The number of nitrogens with zero attached hydrogens (tertiary/aromatic N) is 1. The van der Waals surface area contributed by atoms with E-state index in [-0.39, 0.29) is 5.91 Å². The largest absolute Gasteiger partial charge is 0.491 e. The van der Waals surface area contributed by atoms with Crippen LogP contribution in [-0.2, 0) is 0 Å². The Morgan fingerprint density at radius 2 is 2.17 bits per heavy atom. The second-order valence-electron chi connectivity index (χ2n) is 4.39. The zero-order valence-corrected chi connectivity index (χ0v) is 10.8. The Hall–Kier alpha value is -1.55. The van der Waals surface area contributed by atoms with Gasteiger partial charge in [-0.2, -0.15) is 0 Å². The van der Waals surface area contributed by atoms with E-state index >= 15 is 0 Å². The highest BCUT2D eigenvalue weighted by molar-refractivity contribution is 5.97. The standard InChI is InChI=1S/C14H20N2O2/c1-2-7-15-8-9-16-10-11-18-13-6-4-3-5-12(13)14(16)17/h3-6,15H,2,7-11H2,1H3. The Bertz CT molecular complexity index is 407. The summed E-state index contributed by atoms with van der Waals surface area (Å²) < 4.78 is 5.59. The van der Waals surface area contributed by atoms with E-state index in [1.54, 1.807) is 0 Å². The first-order chi connectivity index (χ1) is 8.83. The van der Waals surface area contributed by atoms with Crippen molar-refractivity contribution in [3.05, 3.63) is 29.8 Å². The van der Waals surface area contributed by atoms with Gasteiger partial charge in [-0.1, -0.05) is 19.1 Å². The van der Waals surface area contributed by atoms with Crippen LogP contribution in [0.15, 0.2) is 24.3 Å². The lowest BCUT2D eigenvalue weighted by atomic mass is 10.2. The summed E-state index contributed by atoms with van der Waals surface area (Å²) >= 11 is 0. The zero-order chi connectivity index (χ0) is 12.8. The Morgan fingerprint density at radius 3 is 3.00 bits per heavy atom. The zero-order valence-electron chi connectivity index (χ0n) is 10.8. The lowest BCUT2D eigenvalue weighted by Crippen LogP contribution is -2.38. The molecule has 0 bridgehead atoms. The van der Waals surface area contributed by atoms with E-state index in [9.17, 15) is 4.79 Å². The highest BCUT2D eigenvalue weighted by Gasteiger charge is 2.22. The summed E-state index contributed by atoms with van der Waals surface area (Å²) in [6.07, 6.45) is 1.11. The van der Waals surface area contributed by atoms with Crippen LogP contribution in [0.5, 0.6) is 5.75 Å². The number of carbonyl (C=O) groups excluding carboxylic acids is 1. The molecule has 0 unspecified atom stereocenters. The van der Waals surface area contributed by atoms with Crippen molar-refractivity contribution in [3.8, 4) is 5.75 Å². The molecular formula is C14H20N2O2. The predicted molar refractivity (Wildman–Crippen MR) is 71.0 cm³/mol. The number of benzene rings is 1. The SMILES string of the molecule is CCCNCCN1CCOc2ccccc2C1=O. The molecule has 1 amide bonds. The monoisotopic (exact) mass is 248 g/mol. The number of hydrogen-bond acceptors (Lipinski definition) is 3. The molecule has 1 aliphatic rings. The van der Waals surface area contributed by atoms with Crippen LogP contribution in [0.2, 0.25) is 0 Å². The molecule has 0 saturated heterocycles. The van der Waals surface area contributed by atoms with Gasteiger partial charge in [-0.05, 0) is 25.1 Å². The molecule has 1 heterocycles. The molecule has 0 aromatic heterocycles. The molecule has 2 rings (SSSR count). The minimum atomic E-state index is 0.0707. The molecule has 4 heteroatoms. The van der Waals surface area contributed by atoms with Crippen molar-refractivity contribution in [1.82, 2.24) is 10.2 Å². The number of amides is 1. The van der Waals surface area contributed by atoms with Crippen molar-refractivity contribution >= 4 is 5.91 Å². The highest BCUT2D eigenvalue weighted by atomic mass is 16.5. The average Bonchev–Trinajstić information content (AvgIpc) is 2.56. The Labute approximate surface area is 108 Å². The first-order valence-corrected chi connectivity index (χ1v) is 6.54. The maximum Gasteiger partial charge on any atom is 0.257 e. The molecule has 0 fully saturated rings. The van der Waals surface area contributed by atoms with Crippen LogP contribution in [0.4, 0.5) is 0 Å². The maximum atomic E-state index is 12.3. The number of nitrogens with one attached hydrogen (secondary N) is 1. The predicted octanol–water partition coefficient (Wildman–Crippen LogP) is 1.52. The Kier molecular flexibility index (Phi) is 4.59. The third-order valence-corrected chi connectivity index (χ3v) is 3.01. The summed E-state index contributed by atoms with van der Waals surface area (Å²) in [5, 5.41) is 3.31. The molecule has 1 N–H and O–H groups in total. The Morgan fingerprint density at radius 1 is 1.33 bits per heavy atom. The molecule has 0 atom stereocenters. The van der Waals surface area contributed by atoms with Gasteiger partial charge in [0, 0.05) is 13.1 Å². The van der Waals surface area contributed by atoms with Crippen molar-refractivity contribution < 1.29 is 9.53 Å². The summed E-state index contributed by atoms with van der Waals surface area (Å²) in [6.45, 7) is 5.92. The molecule has 98 valence electrons. The molecule has 1 aromatic carbocycles. The van der Waals surface area contributed by atoms with Gasteiger partial charge in [0.2, 0.25) is 0 Å². The van der Waals surface area contributed by atoms with E-state index in [0.29, 0.717) is 24.5 Å². The van der Waals surface area contributed by atoms with Gasteiger partial charge in [-0.3, -0.25) is 4.79 Å². The van der Waals surface area contributed by atoms with Crippen molar-refractivity contribution in [2.24, 2.45) is 0 Å². The van der Waals surface area contributed by atoms with Gasteiger partial charge in [0.05, 0.1) is 12.1 Å². The molecule has 0 saturated carbocycles. The summed E-state index contributed by atoms with van der Waals surface area (Å²) in [5.74, 6) is 0.771. The summed E-state index contributed by atoms with van der Waals surface area (Å²) in [5.41, 5.74) is 0.672. The van der Waals surface area contributed by atoms with Crippen LogP contribution in [0, 0.1) is 0 Å². The first kappa shape index (κ1) is 12.9. The molecule has 18 heavy (non-hydrogen) atoms. The topological polar surface area (TPSA) is 41.6 Å². The second-order valence-corrected chi connectivity index (χ2v) is 4.39. The van der Waals surface area contributed by atoms with Crippen molar-refractivity contribution in [1.29, 1.82) is 0 Å². The third kappa shape index (κ3) is 3.01. The molecule has 0 spiro atoms. The smallest absolute Gasteiger partial charge is 0.257 e. The summed E-state index contributed by atoms with van der Waals surface area (Å²) in [4.78, 5) is 14.2. The number of ether oxygens (including phenoxy) is 1. The molecular weight excluding hydrogens is 228 g/mol. The van der Waals surface area contributed by atoms with Gasteiger partial charge in [-0.25, -0.2) is 0 Å². The van der Waals surface area contributed by atoms with E-state index < -0.39 is 0 Å². The molecule has 0 aliphatic carbocycles. The minimum Gasteiger partial charge on any atom is -0.491 e. The Balaban J connectivity index is 1.99. The van der Waals surface area contributed by atoms with E-state index in [1.165, 1.54) is 0 Å². The number of hydrogen-bond donors (Lipinski definition) is 1. The average molecular weight is 248 g/mol. The van der Waals surface area contributed by atoms with Crippen LogP contribution >= 0.6 is 0 Å².